The number of rotatable bonds is 5. The van der Waals surface area contributed by atoms with E-state index in [0.29, 0.717) is 6.04 Å². The molecule has 3 nitrogen and oxygen atoms in total. The lowest BCUT2D eigenvalue weighted by Gasteiger charge is -2.18. The number of hydrogen-bond acceptors (Lipinski definition) is 2. The van der Waals surface area contributed by atoms with Gasteiger partial charge in [0.25, 0.3) is 0 Å². The van der Waals surface area contributed by atoms with Gasteiger partial charge < -0.3 is 10.6 Å². The van der Waals surface area contributed by atoms with Gasteiger partial charge in [-0.2, -0.15) is 0 Å². The Bertz CT molecular complexity index is 359. The number of carbonyl (C=O) groups excluding carboxylic acids is 1. The van der Waals surface area contributed by atoms with Gasteiger partial charge in [-0.3, -0.25) is 4.79 Å². The van der Waals surface area contributed by atoms with E-state index in [1.807, 2.05) is 38.1 Å². The molecule has 2 atom stereocenters. The molecule has 1 rings (SSSR count). The van der Waals surface area contributed by atoms with Crippen LogP contribution in [0.5, 0.6) is 0 Å². The number of nitrogens with one attached hydrogen (secondary N) is 2. The summed E-state index contributed by atoms with van der Waals surface area (Å²) < 4.78 is 0. The van der Waals surface area contributed by atoms with Crippen molar-refractivity contribution in [2.75, 3.05) is 5.32 Å². The molecule has 0 radical (unpaired) electrons. The second-order valence-electron chi connectivity index (χ2n) is 4.55. The second kappa shape index (κ2) is 6.40. The van der Waals surface area contributed by atoms with Gasteiger partial charge in [0, 0.05) is 11.7 Å². The second-order valence-corrected chi connectivity index (χ2v) is 4.55. The summed E-state index contributed by atoms with van der Waals surface area (Å²) in [4.78, 5) is 11.9. The Balaban J connectivity index is 2.51. The number of carbonyl (C=O) groups is 1. The number of anilines is 1. The summed E-state index contributed by atoms with van der Waals surface area (Å²) in [5.41, 5.74) is 2.03. The lowest BCUT2D eigenvalue weighted by atomic mass is 10.2. The molecular weight excluding hydrogens is 212 g/mol. The molecule has 0 aliphatic rings. The molecule has 0 spiro atoms. The minimum atomic E-state index is -0.175. The lowest BCUT2D eigenvalue weighted by Crippen LogP contribution is -2.42. The van der Waals surface area contributed by atoms with Crippen LogP contribution in [0.15, 0.2) is 24.3 Å². The van der Waals surface area contributed by atoms with Crippen LogP contribution >= 0.6 is 0 Å². The van der Waals surface area contributed by atoms with Crippen LogP contribution in [-0.2, 0) is 4.79 Å². The summed E-state index contributed by atoms with van der Waals surface area (Å²) in [5.74, 6) is 0.00848. The van der Waals surface area contributed by atoms with Gasteiger partial charge >= 0.3 is 0 Å². The van der Waals surface area contributed by atoms with Crippen LogP contribution in [0.1, 0.15) is 32.8 Å². The normalized spacial score (nSPS) is 14.1. The molecule has 17 heavy (non-hydrogen) atoms. The third kappa shape index (κ3) is 4.57. The molecule has 2 N–H and O–H groups in total. The molecule has 0 aliphatic heterocycles. The van der Waals surface area contributed by atoms with E-state index in [1.54, 1.807) is 0 Å². The molecule has 0 aromatic heterocycles. The van der Waals surface area contributed by atoms with Crippen molar-refractivity contribution in [2.24, 2.45) is 0 Å². The van der Waals surface area contributed by atoms with E-state index in [9.17, 15) is 4.79 Å². The number of amides is 1. The topological polar surface area (TPSA) is 41.1 Å². The average molecular weight is 234 g/mol. The van der Waals surface area contributed by atoms with Gasteiger partial charge in [-0.25, -0.2) is 0 Å². The third-order valence-corrected chi connectivity index (χ3v) is 2.86. The van der Waals surface area contributed by atoms with Crippen molar-refractivity contribution in [2.45, 2.75) is 46.2 Å². The highest BCUT2D eigenvalue weighted by Crippen LogP contribution is 2.09. The molecule has 0 saturated heterocycles. The first kappa shape index (κ1) is 13.7. The summed E-state index contributed by atoms with van der Waals surface area (Å²) >= 11 is 0. The third-order valence-electron chi connectivity index (χ3n) is 2.86. The van der Waals surface area contributed by atoms with E-state index in [1.165, 1.54) is 5.56 Å². The minimum absolute atomic E-state index is 0.00848. The van der Waals surface area contributed by atoms with Crippen molar-refractivity contribution >= 4 is 11.6 Å². The fraction of sp³-hybridized carbons (Fsp3) is 0.500. The number of hydrogen-bond donors (Lipinski definition) is 2. The highest BCUT2D eigenvalue weighted by molar-refractivity contribution is 5.94. The fourth-order valence-corrected chi connectivity index (χ4v) is 1.51. The molecule has 94 valence electrons. The molecule has 0 fully saturated rings. The summed E-state index contributed by atoms with van der Waals surface area (Å²) in [6.45, 7) is 8.09. The van der Waals surface area contributed by atoms with Crippen LogP contribution in [-0.4, -0.2) is 18.0 Å². The van der Waals surface area contributed by atoms with Crippen LogP contribution in [0, 0.1) is 6.92 Å². The number of benzene rings is 1. The van der Waals surface area contributed by atoms with E-state index in [2.05, 4.69) is 24.5 Å². The summed E-state index contributed by atoms with van der Waals surface area (Å²) in [7, 11) is 0. The van der Waals surface area contributed by atoms with Crippen molar-refractivity contribution < 1.29 is 4.79 Å². The molecule has 0 bridgehead atoms. The molecular formula is C14H22N2O. The Morgan fingerprint density at radius 3 is 2.35 bits per heavy atom. The van der Waals surface area contributed by atoms with Gasteiger partial charge in [-0.15, -0.1) is 0 Å². The predicted octanol–water partition coefficient (Wildman–Crippen LogP) is 2.71. The molecule has 1 amide bonds. The van der Waals surface area contributed by atoms with E-state index >= 15 is 0 Å². The van der Waals surface area contributed by atoms with Crippen LogP contribution < -0.4 is 10.6 Å². The Kier molecular flexibility index (Phi) is 5.16. The van der Waals surface area contributed by atoms with Crippen LogP contribution in [0.2, 0.25) is 0 Å². The summed E-state index contributed by atoms with van der Waals surface area (Å²) in [6, 6.07) is 8.00. The molecule has 0 heterocycles. The number of aryl methyl sites for hydroxylation is 1. The van der Waals surface area contributed by atoms with Gasteiger partial charge in [0.1, 0.15) is 0 Å². The molecule has 1 aromatic rings. The lowest BCUT2D eigenvalue weighted by molar-refractivity contribution is -0.117. The molecule has 1 aromatic carbocycles. The van der Waals surface area contributed by atoms with Crippen molar-refractivity contribution in [3.05, 3.63) is 29.8 Å². The standard InChI is InChI=1S/C14H22N2O/c1-5-11(3)15-12(4)14(17)16-13-8-6-10(2)7-9-13/h6-9,11-12,15H,5H2,1-4H3,(H,16,17). The van der Waals surface area contributed by atoms with Gasteiger partial charge in [0.05, 0.1) is 6.04 Å². The van der Waals surface area contributed by atoms with E-state index in [4.69, 9.17) is 0 Å². The first-order chi connectivity index (χ1) is 8.02. The van der Waals surface area contributed by atoms with E-state index < -0.39 is 0 Å². The maximum Gasteiger partial charge on any atom is 0.241 e. The van der Waals surface area contributed by atoms with Crippen molar-refractivity contribution in [3.63, 3.8) is 0 Å². The van der Waals surface area contributed by atoms with Gasteiger partial charge in [-0.05, 0) is 39.3 Å². The molecule has 3 heteroatoms. The zero-order chi connectivity index (χ0) is 12.8. The van der Waals surface area contributed by atoms with Crippen molar-refractivity contribution in [1.82, 2.24) is 5.32 Å². The van der Waals surface area contributed by atoms with Crippen LogP contribution in [0.4, 0.5) is 5.69 Å². The largest absolute Gasteiger partial charge is 0.325 e. The molecule has 0 aliphatic carbocycles. The fourth-order valence-electron chi connectivity index (χ4n) is 1.51. The smallest absolute Gasteiger partial charge is 0.241 e. The van der Waals surface area contributed by atoms with Crippen molar-refractivity contribution in [1.29, 1.82) is 0 Å². The van der Waals surface area contributed by atoms with E-state index in [-0.39, 0.29) is 11.9 Å². The summed E-state index contributed by atoms with van der Waals surface area (Å²) in [5, 5.41) is 6.15. The first-order valence-corrected chi connectivity index (χ1v) is 6.16. The Morgan fingerprint density at radius 1 is 1.24 bits per heavy atom. The Morgan fingerprint density at radius 2 is 1.82 bits per heavy atom. The van der Waals surface area contributed by atoms with Crippen LogP contribution in [0.3, 0.4) is 0 Å². The van der Waals surface area contributed by atoms with Gasteiger partial charge in [-0.1, -0.05) is 24.6 Å². The van der Waals surface area contributed by atoms with Crippen molar-refractivity contribution in [3.8, 4) is 0 Å². The van der Waals surface area contributed by atoms with Crippen LogP contribution in [0.25, 0.3) is 0 Å². The quantitative estimate of drug-likeness (QED) is 0.822. The van der Waals surface area contributed by atoms with Gasteiger partial charge in [0.2, 0.25) is 5.91 Å². The Hall–Kier alpha value is -1.35. The molecule has 2 unspecified atom stereocenters. The minimum Gasteiger partial charge on any atom is -0.325 e. The first-order valence-electron chi connectivity index (χ1n) is 6.16. The zero-order valence-corrected chi connectivity index (χ0v) is 11.1. The average Bonchev–Trinajstić information content (AvgIpc) is 2.31. The highest BCUT2D eigenvalue weighted by Gasteiger charge is 2.14. The maximum absolute atomic E-state index is 11.9. The summed E-state index contributed by atoms with van der Waals surface area (Å²) in [6.07, 6.45) is 1.02. The SMILES string of the molecule is CCC(C)NC(C)C(=O)Nc1ccc(C)cc1. The predicted molar refractivity (Wildman–Crippen MR) is 72.2 cm³/mol. The highest BCUT2D eigenvalue weighted by atomic mass is 16.2. The monoisotopic (exact) mass is 234 g/mol. The van der Waals surface area contributed by atoms with Gasteiger partial charge in [0.15, 0.2) is 0 Å². The Labute approximate surface area is 104 Å². The molecule has 0 saturated carbocycles. The maximum atomic E-state index is 11.9. The zero-order valence-electron chi connectivity index (χ0n) is 11.1. The van der Waals surface area contributed by atoms with E-state index in [0.717, 1.165) is 12.1 Å².